The molecular weight excluding hydrogens is 353 g/mol. The number of para-hydroxylation sites is 1. The van der Waals surface area contributed by atoms with Crippen LogP contribution in [0.1, 0.15) is 6.92 Å². The van der Waals surface area contributed by atoms with Gasteiger partial charge >= 0.3 is 12.3 Å². The highest BCUT2D eigenvalue weighted by molar-refractivity contribution is 5.87. The molecule has 26 heavy (non-hydrogen) atoms. The van der Waals surface area contributed by atoms with Crippen LogP contribution in [0.2, 0.25) is 0 Å². The molecule has 1 aromatic rings. The zero-order valence-corrected chi connectivity index (χ0v) is 13.9. The number of nitrogens with zero attached hydrogens (tertiary/aromatic N) is 2. The first-order chi connectivity index (χ1) is 12.4. The van der Waals surface area contributed by atoms with Crippen molar-refractivity contribution in [3.05, 3.63) is 54.1 Å². The van der Waals surface area contributed by atoms with E-state index in [0.29, 0.717) is 0 Å². The number of carbonyl (C=O) groups excluding carboxylic acids is 1. The second-order valence-corrected chi connectivity index (χ2v) is 5.00. The monoisotopic (exact) mass is 370 g/mol. The summed E-state index contributed by atoms with van der Waals surface area (Å²) in [6.07, 6.45) is -0.241. The van der Waals surface area contributed by atoms with E-state index >= 15 is 0 Å². The summed E-state index contributed by atoms with van der Waals surface area (Å²) >= 11 is 0. The summed E-state index contributed by atoms with van der Waals surface area (Å²) in [4.78, 5) is 17.7. The van der Waals surface area contributed by atoms with Crippen LogP contribution < -0.4 is 4.74 Å². The fourth-order valence-electron chi connectivity index (χ4n) is 2.03. The third-order valence-corrected chi connectivity index (χ3v) is 3.03. The van der Waals surface area contributed by atoms with Crippen LogP contribution in [0.25, 0.3) is 0 Å². The Kier molecular flexibility index (Phi) is 6.65. The molecule has 0 bridgehead atoms. The van der Waals surface area contributed by atoms with Gasteiger partial charge in [-0.15, -0.1) is 13.2 Å². The molecule has 0 N–H and O–H groups in total. The van der Waals surface area contributed by atoms with Gasteiger partial charge in [-0.25, -0.2) is 4.79 Å². The van der Waals surface area contributed by atoms with E-state index in [1.807, 2.05) is 0 Å². The Morgan fingerprint density at radius 1 is 1.27 bits per heavy atom. The third kappa shape index (κ3) is 6.15. The summed E-state index contributed by atoms with van der Waals surface area (Å²) in [7, 11) is 0. The van der Waals surface area contributed by atoms with E-state index in [1.165, 1.54) is 12.1 Å². The topological polar surface area (TPSA) is 60.4 Å². The summed E-state index contributed by atoms with van der Waals surface area (Å²) in [5.41, 5.74) is 0. The zero-order chi connectivity index (χ0) is 19.0. The van der Waals surface area contributed by atoms with Crippen molar-refractivity contribution in [3.8, 4) is 5.75 Å². The zero-order valence-electron chi connectivity index (χ0n) is 13.9. The molecule has 1 aromatic carbocycles. The molecule has 0 fully saturated rings. The summed E-state index contributed by atoms with van der Waals surface area (Å²) in [6.45, 7) is 2.01. The van der Waals surface area contributed by atoms with Crippen LogP contribution in [0, 0.1) is 0 Å². The van der Waals surface area contributed by atoms with Crippen LogP contribution in [0.5, 0.6) is 5.75 Å². The second kappa shape index (κ2) is 8.93. The van der Waals surface area contributed by atoms with Crippen molar-refractivity contribution < 1.29 is 32.2 Å². The average Bonchev–Trinajstić information content (AvgIpc) is 2.59. The fourth-order valence-corrected chi connectivity index (χ4v) is 2.03. The molecule has 1 aliphatic rings. The Balaban J connectivity index is 2.34. The summed E-state index contributed by atoms with van der Waals surface area (Å²) < 4.78 is 51.8. The number of ether oxygens (including phenoxy) is 3. The predicted octanol–water partition coefficient (Wildman–Crippen LogP) is 3.23. The number of carbonyl (C=O) groups is 1. The van der Waals surface area contributed by atoms with Gasteiger partial charge in [0, 0.05) is 12.4 Å². The van der Waals surface area contributed by atoms with Crippen molar-refractivity contribution in [1.29, 1.82) is 0 Å². The lowest BCUT2D eigenvalue weighted by molar-refractivity contribution is -0.304. The van der Waals surface area contributed by atoms with Gasteiger partial charge in [0.25, 0.3) is 5.76 Å². The minimum atomic E-state index is -5.14. The SMILES string of the molecule is CCOC(CN1C=CC=NC1)=C(Oc1ccccc1)C(=O)OC(F)(F)F. The maximum atomic E-state index is 12.5. The second-order valence-electron chi connectivity index (χ2n) is 5.00. The van der Waals surface area contributed by atoms with Crippen molar-refractivity contribution in [3.63, 3.8) is 0 Å². The van der Waals surface area contributed by atoms with Gasteiger partial charge < -0.3 is 19.1 Å². The molecule has 0 aliphatic carbocycles. The minimum Gasteiger partial charge on any atom is -0.492 e. The first-order valence-electron chi connectivity index (χ1n) is 7.68. The number of allylic oxidation sites excluding steroid dienone is 1. The quantitative estimate of drug-likeness (QED) is 0.419. The van der Waals surface area contributed by atoms with Gasteiger partial charge in [-0.05, 0) is 25.1 Å². The van der Waals surface area contributed by atoms with Crippen molar-refractivity contribution in [1.82, 2.24) is 4.90 Å². The van der Waals surface area contributed by atoms with Gasteiger partial charge in [0.15, 0.2) is 5.76 Å². The molecule has 0 unspecified atom stereocenters. The normalized spacial score (nSPS) is 14.7. The number of rotatable bonds is 7. The molecule has 0 aromatic heterocycles. The third-order valence-electron chi connectivity index (χ3n) is 3.03. The molecule has 0 amide bonds. The Hall–Kier alpha value is -2.97. The highest BCUT2D eigenvalue weighted by atomic mass is 19.4. The van der Waals surface area contributed by atoms with Gasteiger partial charge in [0.05, 0.1) is 13.2 Å². The van der Waals surface area contributed by atoms with Crippen LogP contribution in [-0.2, 0) is 14.3 Å². The van der Waals surface area contributed by atoms with Crippen LogP contribution in [0.3, 0.4) is 0 Å². The number of benzene rings is 1. The largest absolute Gasteiger partial charge is 0.575 e. The number of hydrogen-bond acceptors (Lipinski definition) is 6. The molecule has 0 spiro atoms. The van der Waals surface area contributed by atoms with Gasteiger partial charge in [-0.2, -0.15) is 0 Å². The predicted molar refractivity (Wildman–Crippen MR) is 87.1 cm³/mol. The summed E-state index contributed by atoms with van der Waals surface area (Å²) in [6, 6.07) is 7.92. The van der Waals surface area contributed by atoms with Crippen molar-refractivity contribution in [2.24, 2.45) is 4.99 Å². The standard InChI is InChI=1S/C17H17F3N2O4/c1-2-24-14(11-22-10-6-9-21-12-22)15(16(23)26-17(18,19)20)25-13-7-4-3-5-8-13/h3-10H,2,11-12H2,1H3. The number of alkyl halides is 3. The number of halogens is 3. The van der Waals surface area contributed by atoms with E-state index < -0.39 is 18.1 Å². The van der Waals surface area contributed by atoms with Crippen LogP contribution in [0.4, 0.5) is 13.2 Å². The Morgan fingerprint density at radius 2 is 2.00 bits per heavy atom. The van der Waals surface area contributed by atoms with E-state index in [2.05, 4.69) is 9.73 Å². The molecule has 1 heterocycles. The first-order valence-corrected chi connectivity index (χ1v) is 7.68. The lowest BCUT2D eigenvalue weighted by atomic mass is 10.3. The van der Waals surface area contributed by atoms with Crippen LogP contribution in [0.15, 0.2) is 59.1 Å². The molecule has 0 radical (unpaired) electrons. The molecule has 6 nitrogen and oxygen atoms in total. The lowest BCUT2D eigenvalue weighted by Gasteiger charge is -2.23. The number of aliphatic imine (C=N–C) groups is 1. The lowest BCUT2D eigenvalue weighted by Crippen LogP contribution is -2.29. The van der Waals surface area contributed by atoms with E-state index in [1.54, 1.807) is 48.5 Å². The Bertz CT molecular complexity index is 700. The minimum absolute atomic E-state index is 0.0171. The molecule has 9 heteroatoms. The van der Waals surface area contributed by atoms with Crippen LogP contribution in [-0.4, -0.2) is 43.3 Å². The van der Waals surface area contributed by atoms with Crippen LogP contribution >= 0.6 is 0 Å². The molecule has 0 saturated carbocycles. The maximum absolute atomic E-state index is 12.5. The molecule has 0 saturated heterocycles. The molecule has 140 valence electrons. The van der Waals surface area contributed by atoms with Gasteiger partial charge in [0.1, 0.15) is 12.4 Å². The smallest absolute Gasteiger partial charge is 0.492 e. The van der Waals surface area contributed by atoms with Crippen molar-refractivity contribution >= 4 is 12.2 Å². The van der Waals surface area contributed by atoms with Crippen molar-refractivity contribution in [2.45, 2.75) is 13.3 Å². The number of esters is 1. The maximum Gasteiger partial charge on any atom is 0.575 e. The van der Waals surface area contributed by atoms with E-state index in [9.17, 15) is 18.0 Å². The fraction of sp³-hybridized carbons (Fsp3) is 0.294. The Labute approximate surface area is 148 Å². The van der Waals surface area contributed by atoms with E-state index in [4.69, 9.17) is 9.47 Å². The molecule has 0 atom stereocenters. The molecule has 1 aliphatic heterocycles. The van der Waals surface area contributed by atoms with E-state index in [-0.39, 0.29) is 31.3 Å². The highest BCUT2D eigenvalue weighted by Crippen LogP contribution is 2.23. The molecular formula is C17H17F3N2O4. The highest BCUT2D eigenvalue weighted by Gasteiger charge is 2.37. The Morgan fingerprint density at radius 3 is 2.58 bits per heavy atom. The van der Waals surface area contributed by atoms with E-state index in [0.717, 1.165) is 0 Å². The van der Waals surface area contributed by atoms with Crippen molar-refractivity contribution in [2.75, 3.05) is 19.8 Å². The van der Waals surface area contributed by atoms with Gasteiger partial charge in [-0.3, -0.25) is 4.99 Å². The summed E-state index contributed by atoms with van der Waals surface area (Å²) in [5, 5.41) is 0. The van der Waals surface area contributed by atoms with Gasteiger partial charge in [-0.1, -0.05) is 18.2 Å². The average molecular weight is 370 g/mol. The molecule has 2 rings (SSSR count). The summed E-state index contributed by atoms with van der Waals surface area (Å²) in [5.74, 6) is -2.27. The number of hydrogen-bond donors (Lipinski definition) is 0. The first kappa shape index (κ1) is 19.4. The van der Waals surface area contributed by atoms with Gasteiger partial charge in [0.2, 0.25) is 0 Å².